The van der Waals surface area contributed by atoms with Gasteiger partial charge in [0.05, 0.1) is 6.20 Å². The molecule has 34 heavy (non-hydrogen) atoms. The summed E-state index contributed by atoms with van der Waals surface area (Å²) in [5, 5.41) is 4.28. The molecule has 3 heterocycles. The Kier molecular flexibility index (Phi) is 8.29. The van der Waals surface area contributed by atoms with Crippen molar-refractivity contribution >= 4 is 27.7 Å². The van der Waals surface area contributed by atoms with Crippen molar-refractivity contribution in [2.75, 3.05) is 26.2 Å². The van der Waals surface area contributed by atoms with Crippen molar-refractivity contribution in [3.05, 3.63) is 46.2 Å². The first kappa shape index (κ1) is 24.8. The molecular formula is C26H35BrN4O3. The van der Waals surface area contributed by atoms with Crippen LogP contribution in [0.2, 0.25) is 0 Å². The van der Waals surface area contributed by atoms with Gasteiger partial charge in [-0.25, -0.2) is 0 Å². The summed E-state index contributed by atoms with van der Waals surface area (Å²) in [7, 11) is 1.92. The van der Waals surface area contributed by atoms with E-state index in [9.17, 15) is 9.59 Å². The molecule has 2 saturated heterocycles. The molecule has 0 radical (unpaired) electrons. The summed E-state index contributed by atoms with van der Waals surface area (Å²) in [5.74, 6) is 1.10. The van der Waals surface area contributed by atoms with Crippen LogP contribution in [0.4, 0.5) is 0 Å². The minimum Gasteiger partial charge on any atom is -0.490 e. The standard InChI is InChI=1S/C26H35BrN4O3/c1-19-20(17-28-29(19)2)9-10-25(32)31-14-11-24(34-23-8-6-7-22(27)16-23)21(18-31)15-26(33)30-12-4-3-5-13-30/h6-8,16-17,21,24H,3-5,9-15,18H2,1-2H3/t21-,24-/m0/s1. The zero-order valence-corrected chi connectivity index (χ0v) is 21.8. The van der Waals surface area contributed by atoms with E-state index in [0.717, 1.165) is 53.8 Å². The number of hydrogen-bond acceptors (Lipinski definition) is 4. The van der Waals surface area contributed by atoms with Crippen LogP contribution < -0.4 is 4.74 Å². The molecule has 2 aliphatic rings. The van der Waals surface area contributed by atoms with E-state index in [1.165, 1.54) is 6.42 Å². The van der Waals surface area contributed by atoms with Crippen molar-refractivity contribution in [1.82, 2.24) is 19.6 Å². The number of nitrogens with zero attached hydrogens (tertiary/aromatic N) is 4. The number of carbonyl (C=O) groups is 2. The van der Waals surface area contributed by atoms with Crippen LogP contribution in [0, 0.1) is 12.8 Å². The maximum Gasteiger partial charge on any atom is 0.223 e. The van der Waals surface area contributed by atoms with E-state index in [-0.39, 0.29) is 23.8 Å². The average molecular weight is 531 g/mol. The molecule has 2 atom stereocenters. The molecular weight excluding hydrogens is 496 g/mol. The van der Waals surface area contributed by atoms with Crippen molar-refractivity contribution < 1.29 is 14.3 Å². The third-order valence-electron chi connectivity index (χ3n) is 7.19. The first-order valence-electron chi connectivity index (χ1n) is 12.4. The van der Waals surface area contributed by atoms with E-state index in [2.05, 4.69) is 21.0 Å². The van der Waals surface area contributed by atoms with E-state index in [0.29, 0.717) is 32.4 Å². The van der Waals surface area contributed by atoms with Crippen LogP contribution in [-0.2, 0) is 23.1 Å². The minimum absolute atomic E-state index is 0.0220. The highest BCUT2D eigenvalue weighted by Crippen LogP contribution is 2.29. The van der Waals surface area contributed by atoms with Crippen LogP contribution >= 0.6 is 15.9 Å². The van der Waals surface area contributed by atoms with Crippen molar-refractivity contribution in [3.63, 3.8) is 0 Å². The number of amides is 2. The molecule has 1 aromatic carbocycles. The Labute approximate surface area is 210 Å². The zero-order chi connectivity index (χ0) is 24.1. The minimum atomic E-state index is -0.0901. The number of piperidine rings is 2. The fourth-order valence-electron chi connectivity index (χ4n) is 4.99. The van der Waals surface area contributed by atoms with Crippen molar-refractivity contribution in [1.29, 1.82) is 0 Å². The van der Waals surface area contributed by atoms with Crippen LogP contribution in [0.15, 0.2) is 34.9 Å². The normalized spacial score (nSPS) is 20.9. The summed E-state index contributed by atoms with van der Waals surface area (Å²) in [5.41, 5.74) is 2.21. The van der Waals surface area contributed by atoms with Crippen molar-refractivity contribution in [2.24, 2.45) is 13.0 Å². The van der Waals surface area contributed by atoms with Gasteiger partial charge in [0, 0.05) is 68.6 Å². The largest absolute Gasteiger partial charge is 0.490 e. The lowest BCUT2D eigenvalue weighted by atomic mass is 9.90. The third kappa shape index (κ3) is 6.20. The summed E-state index contributed by atoms with van der Waals surface area (Å²) in [6.07, 6.45) is 7.39. The lowest BCUT2D eigenvalue weighted by Gasteiger charge is -2.39. The number of carbonyl (C=O) groups excluding carboxylic acids is 2. The fraction of sp³-hybridized carbons (Fsp3) is 0.577. The predicted octanol–water partition coefficient (Wildman–Crippen LogP) is 4.12. The Morgan fingerprint density at radius 3 is 2.62 bits per heavy atom. The number of ether oxygens (including phenoxy) is 1. The van der Waals surface area contributed by atoms with Gasteiger partial charge in [0.25, 0.3) is 0 Å². The second-order valence-corrected chi connectivity index (χ2v) is 10.4. The predicted molar refractivity (Wildman–Crippen MR) is 135 cm³/mol. The Balaban J connectivity index is 1.41. The van der Waals surface area contributed by atoms with Crippen LogP contribution in [-0.4, -0.2) is 63.7 Å². The highest BCUT2D eigenvalue weighted by atomic mass is 79.9. The molecule has 0 N–H and O–H groups in total. The number of benzene rings is 1. The fourth-order valence-corrected chi connectivity index (χ4v) is 5.37. The van der Waals surface area contributed by atoms with Gasteiger partial charge in [-0.3, -0.25) is 14.3 Å². The lowest BCUT2D eigenvalue weighted by Crippen LogP contribution is -2.50. The van der Waals surface area contributed by atoms with E-state index in [1.54, 1.807) is 0 Å². The van der Waals surface area contributed by atoms with Gasteiger partial charge in [-0.2, -0.15) is 5.10 Å². The molecule has 1 aromatic heterocycles. The molecule has 0 bridgehead atoms. The highest BCUT2D eigenvalue weighted by molar-refractivity contribution is 9.10. The van der Waals surface area contributed by atoms with E-state index in [4.69, 9.17) is 4.74 Å². The maximum absolute atomic E-state index is 13.1. The Morgan fingerprint density at radius 2 is 1.91 bits per heavy atom. The molecule has 0 spiro atoms. The van der Waals surface area contributed by atoms with Crippen LogP contribution in [0.1, 0.15) is 49.8 Å². The first-order valence-corrected chi connectivity index (χ1v) is 13.1. The van der Waals surface area contributed by atoms with Gasteiger partial charge < -0.3 is 14.5 Å². The summed E-state index contributed by atoms with van der Waals surface area (Å²) in [6, 6.07) is 7.82. The highest BCUT2D eigenvalue weighted by Gasteiger charge is 2.35. The topological polar surface area (TPSA) is 67.7 Å². The SMILES string of the molecule is Cc1c(CCC(=O)N2CC[C@H](Oc3cccc(Br)c3)[C@@H](CC(=O)N3CCCCC3)C2)cnn1C. The molecule has 0 unspecified atom stereocenters. The van der Waals surface area contributed by atoms with Crippen LogP contribution in [0.3, 0.4) is 0 Å². The average Bonchev–Trinajstić information content (AvgIpc) is 3.16. The molecule has 4 rings (SSSR count). The van der Waals surface area contributed by atoms with Gasteiger partial charge in [0.15, 0.2) is 0 Å². The molecule has 7 nitrogen and oxygen atoms in total. The Hall–Kier alpha value is -2.35. The second-order valence-electron chi connectivity index (χ2n) is 9.53. The second kappa shape index (κ2) is 11.4. The van der Waals surface area contributed by atoms with Gasteiger partial charge in [-0.1, -0.05) is 22.0 Å². The van der Waals surface area contributed by atoms with Crippen LogP contribution in [0.25, 0.3) is 0 Å². The third-order valence-corrected chi connectivity index (χ3v) is 7.68. The molecule has 2 amide bonds. The number of halogens is 1. The first-order chi connectivity index (χ1) is 16.4. The number of aromatic nitrogens is 2. The molecule has 0 aliphatic carbocycles. The van der Waals surface area contributed by atoms with Crippen molar-refractivity contribution in [3.8, 4) is 5.75 Å². The molecule has 8 heteroatoms. The molecule has 0 saturated carbocycles. The quantitative estimate of drug-likeness (QED) is 0.539. The van der Waals surface area contributed by atoms with Crippen LogP contribution in [0.5, 0.6) is 5.75 Å². The zero-order valence-electron chi connectivity index (χ0n) is 20.2. The van der Waals surface area contributed by atoms with E-state index >= 15 is 0 Å². The number of rotatable bonds is 7. The van der Waals surface area contributed by atoms with Gasteiger partial charge in [-0.15, -0.1) is 0 Å². The Morgan fingerprint density at radius 1 is 1.12 bits per heavy atom. The Bertz CT molecular complexity index is 1000. The number of hydrogen-bond donors (Lipinski definition) is 0. The molecule has 2 aliphatic heterocycles. The maximum atomic E-state index is 13.1. The van der Waals surface area contributed by atoms with Crippen molar-refractivity contribution in [2.45, 2.75) is 58.0 Å². The number of likely N-dealkylation sites (tertiary alicyclic amines) is 2. The van der Waals surface area contributed by atoms with Gasteiger partial charge >= 0.3 is 0 Å². The van der Waals surface area contributed by atoms with E-state index in [1.807, 2.05) is 58.9 Å². The monoisotopic (exact) mass is 530 g/mol. The molecule has 184 valence electrons. The smallest absolute Gasteiger partial charge is 0.223 e. The number of aryl methyl sites for hydroxylation is 2. The summed E-state index contributed by atoms with van der Waals surface area (Å²) in [4.78, 5) is 30.1. The van der Waals surface area contributed by atoms with Gasteiger partial charge in [-0.05, 0) is 56.4 Å². The van der Waals surface area contributed by atoms with Gasteiger partial charge in [0.2, 0.25) is 11.8 Å². The summed E-state index contributed by atoms with van der Waals surface area (Å²) < 4.78 is 9.17. The molecule has 2 aromatic rings. The van der Waals surface area contributed by atoms with E-state index < -0.39 is 0 Å². The summed E-state index contributed by atoms with van der Waals surface area (Å²) in [6.45, 7) is 4.92. The van der Waals surface area contributed by atoms with Gasteiger partial charge in [0.1, 0.15) is 11.9 Å². The lowest BCUT2D eigenvalue weighted by molar-refractivity contribution is -0.139. The molecule has 2 fully saturated rings. The summed E-state index contributed by atoms with van der Waals surface area (Å²) >= 11 is 3.51.